The molecule has 0 heterocycles. The number of nitrogens with zero attached hydrogens (tertiary/aromatic N) is 2. The van der Waals surface area contributed by atoms with Crippen molar-refractivity contribution in [2.75, 3.05) is 13.7 Å². The van der Waals surface area contributed by atoms with Gasteiger partial charge >= 0.3 is 0 Å². The average molecular weight is 340 g/mol. The van der Waals surface area contributed by atoms with Gasteiger partial charge < -0.3 is 9.64 Å². The van der Waals surface area contributed by atoms with Gasteiger partial charge in [-0.1, -0.05) is 31.4 Å². The van der Waals surface area contributed by atoms with E-state index in [0.717, 1.165) is 31.4 Å². The Morgan fingerprint density at radius 2 is 2.12 bits per heavy atom. The molecule has 1 amide bonds. The van der Waals surface area contributed by atoms with Crippen LogP contribution in [0.25, 0.3) is 0 Å². The number of hydrogen-bond donors (Lipinski definition) is 0. The molecule has 134 valence electrons. The summed E-state index contributed by atoms with van der Waals surface area (Å²) < 4.78 is 6.01. The van der Waals surface area contributed by atoms with Gasteiger partial charge in [-0.05, 0) is 43.9 Å². The first-order valence-electron chi connectivity index (χ1n) is 9.47. The van der Waals surface area contributed by atoms with Crippen LogP contribution in [0.2, 0.25) is 0 Å². The van der Waals surface area contributed by atoms with E-state index in [1.165, 1.54) is 19.3 Å². The zero-order valence-corrected chi connectivity index (χ0v) is 15.3. The highest BCUT2D eigenvalue weighted by Crippen LogP contribution is 2.55. The summed E-state index contributed by atoms with van der Waals surface area (Å²) in [6.45, 7) is 2.80. The van der Waals surface area contributed by atoms with Gasteiger partial charge in [-0.15, -0.1) is 0 Å². The highest BCUT2D eigenvalue weighted by Gasteiger charge is 2.57. The molecule has 0 saturated heterocycles. The quantitative estimate of drug-likeness (QED) is 0.815. The summed E-state index contributed by atoms with van der Waals surface area (Å²) in [5.41, 5.74) is 1.72. The van der Waals surface area contributed by atoms with Gasteiger partial charge in [-0.2, -0.15) is 5.26 Å². The Morgan fingerprint density at radius 1 is 1.36 bits per heavy atom. The first kappa shape index (κ1) is 17.9. The second-order valence-corrected chi connectivity index (χ2v) is 7.44. The largest absolute Gasteiger partial charge is 0.378 e. The second-order valence-electron chi connectivity index (χ2n) is 7.44. The van der Waals surface area contributed by atoms with Gasteiger partial charge in [0.2, 0.25) is 0 Å². The number of carbonyl (C=O) groups excluding carboxylic acids is 1. The molecule has 0 unspecified atom stereocenters. The van der Waals surface area contributed by atoms with E-state index < -0.39 is 0 Å². The number of hydrogen-bond acceptors (Lipinski definition) is 3. The molecule has 1 aromatic carbocycles. The van der Waals surface area contributed by atoms with E-state index in [0.29, 0.717) is 18.1 Å². The molecule has 1 aromatic rings. The SMILES string of the molecule is CCO[C@@H]1C[C@H](N(C)C(=O)c2cccc(CC#N)c2)C12CCCCC2. The van der Waals surface area contributed by atoms with Crippen molar-refractivity contribution in [3.8, 4) is 6.07 Å². The summed E-state index contributed by atoms with van der Waals surface area (Å²) in [6, 6.07) is 9.89. The monoisotopic (exact) mass is 340 g/mol. The Hall–Kier alpha value is -1.86. The number of nitriles is 1. The van der Waals surface area contributed by atoms with E-state index in [4.69, 9.17) is 10.00 Å². The zero-order valence-electron chi connectivity index (χ0n) is 15.3. The minimum absolute atomic E-state index is 0.0599. The van der Waals surface area contributed by atoms with Gasteiger partial charge in [0, 0.05) is 30.7 Å². The molecule has 4 heteroatoms. The van der Waals surface area contributed by atoms with Crippen LogP contribution in [0.1, 0.15) is 61.4 Å². The second kappa shape index (κ2) is 7.58. The fourth-order valence-corrected chi connectivity index (χ4v) is 4.82. The van der Waals surface area contributed by atoms with Crippen molar-refractivity contribution >= 4 is 5.91 Å². The van der Waals surface area contributed by atoms with Crippen LogP contribution in [0.3, 0.4) is 0 Å². The number of benzene rings is 1. The molecule has 2 saturated carbocycles. The first-order chi connectivity index (χ1) is 12.1. The van der Waals surface area contributed by atoms with Gasteiger partial charge in [0.05, 0.1) is 18.6 Å². The lowest BCUT2D eigenvalue weighted by Crippen LogP contribution is -2.65. The summed E-state index contributed by atoms with van der Waals surface area (Å²) in [5, 5.41) is 8.88. The molecule has 0 bridgehead atoms. The van der Waals surface area contributed by atoms with Crippen molar-refractivity contribution in [3.63, 3.8) is 0 Å². The Labute approximate surface area is 150 Å². The number of carbonyl (C=O) groups is 1. The summed E-state index contributed by atoms with van der Waals surface area (Å²) in [7, 11) is 1.93. The fourth-order valence-electron chi connectivity index (χ4n) is 4.82. The van der Waals surface area contributed by atoms with E-state index in [2.05, 4.69) is 13.0 Å². The normalized spacial score (nSPS) is 24.4. The number of amides is 1. The molecular formula is C21H28N2O2. The van der Waals surface area contributed by atoms with Crippen LogP contribution in [0.5, 0.6) is 0 Å². The van der Waals surface area contributed by atoms with Crippen LogP contribution in [-0.4, -0.2) is 36.6 Å². The summed E-state index contributed by atoms with van der Waals surface area (Å²) in [5.74, 6) is 0.0599. The molecule has 0 aliphatic heterocycles. The number of rotatable bonds is 5. The molecule has 0 N–H and O–H groups in total. The molecule has 0 aromatic heterocycles. The van der Waals surface area contributed by atoms with E-state index in [1.54, 1.807) is 0 Å². The average Bonchev–Trinajstić information content (AvgIpc) is 2.65. The fraction of sp³-hybridized carbons (Fsp3) is 0.619. The van der Waals surface area contributed by atoms with Crippen molar-refractivity contribution in [1.29, 1.82) is 5.26 Å². The molecule has 1 spiro atoms. The predicted molar refractivity (Wildman–Crippen MR) is 97.2 cm³/mol. The zero-order chi connectivity index (χ0) is 17.9. The van der Waals surface area contributed by atoms with Crippen LogP contribution in [0, 0.1) is 16.7 Å². The minimum atomic E-state index is 0.0599. The highest BCUT2D eigenvalue weighted by molar-refractivity contribution is 5.94. The predicted octanol–water partition coefficient (Wildman–Crippen LogP) is 3.95. The van der Waals surface area contributed by atoms with Crippen molar-refractivity contribution in [3.05, 3.63) is 35.4 Å². The first-order valence-corrected chi connectivity index (χ1v) is 9.47. The van der Waals surface area contributed by atoms with Crippen molar-refractivity contribution in [1.82, 2.24) is 4.90 Å². The standard InChI is InChI=1S/C21H28N2O2/c1-3-25-19-15-18(21(19)11-5-4-6-12-21)23(2)20(24)17-9-7-8-16(14-17)10-13-22/h7-9,14,18-19H,3-6,10-12,15H2,1-2H3/t18-,19+/m0/s1. The lowest BCUT2D eigenvalue weighted by Gasteiger charge is -2.60. The molecular weight excluding hydrogens is 312 g/mol. The number of ether oxygens (including phenoxy) is 1. The molecule has 2 aliphatic rings. The van der Waals surface area contributed by atoms with Crippen molar-refractivity contribution in [2.24, 2.45) is 5.41 Å². The van der Waals surface area contributed by atoms with Crippen LogP contribution >= 0.6 is 0 Å². The molecule has 2 aliphatic carbocycles. The third-order valence-electron chi connectivity index (χ3n) is 6.14. The van der Waals surface area contributed by atoms with Gasteiger partial charge in [0.1, 0.15) is 0 Å². The third kappa shape index (κ3) is 3.30. The molecule has 3 rings (SSSR count). The molecule has 2 fully saturated rings. The van der Waals surface area contributed by atoms with E-state index in [9.17, 15) is 4.79 Å². The van der Waals surface area contributed by atoms with Crippen molar-refractivity contribution in [2.45, 2.75) is 64.0 Å². The van der Waals surface area contributed by atoms with Crippen LogP contribution < -0.4 is 0 Å². The third-order valence-corrected chi connectivity index (χ3v) is 6.14. The van der Waals surface area contributed by atoms with Gasteiger partial charge in [-0.25, -0.2) is 0 Å². The molecule has 0 radical (unpaired) electrons. The Bertz CT molecular complexity index is 658. The lowest BCUT2D eigenvalue weighted by molar-refractivity contribution is -0.170. The Morgan fingerprint density at radius 3 is 2.80 bits per heavy atom. The summed E-state index contributed by atoms with van der Waals surface area (Å²) in [4.78, 5) is 15.0. The Balaban J connectivity index is 1.77. The van der Waals surface area contributed by atoms with Crippen LogP contribution in [0.4, 0.5) is 0 Å². The van der Waals surface area contributed by atoms with Crippen molar-refractivity contribution < 1.29 is 9.53 Å². The summed E-state index contributed by atoms with van der Waals surface area (Å²) >= 11 is 0. The van der Waals surface area contributed by atoms with Crippen LogP contribution in [0.15, 0.2) is 24.3 Å². The maximum atomic E-state index is 13.0. The van der Waals surface area contributed by atoms with E-state index in [-0.39, 0.29) is 17.4 Å². The molecule has 25 heavy (non-hydrogen) atoms. The van der Waals surface area contributed by atoms with Gasteiger partial charge in [0.15, 0.2) is 0 Å². The maximum Gasteiger partial charge on any atom is 0.253 e. The van der Waals surface area contributed by atoms with Crippen LogP contribution in [-0.2, 0) is 11.2 Å². The highest BCUT2D eigenvalue weighted by atomic mass is 16.5. The smallest absolute Gasteiger partial charge is 0.253 e. The summed E-state index contributed by atoms with van der Waals surface area (Å²) in [6.07, 6.45) is 7.66. The Kier molecular flexibility index (Phi) is 5.44. The maximum absolute atomic E-state index is 13.0. The lowest BCUT2D eigenvalue weighted by atomic mass is 9.54. The van der Waals surface area contributed by atoms with Gasteiger partial charge in [0.25, 0.3) is 5.91 Å². The molecule has 4 nitrogen and oxygen atoms in total. The van der Waals surface area contributed by atoms with Gasteiger partial charge in [-0.3, -0.25) is 4.79 Å². The van der Waals surface area contributed by atoms with E-state index >= 15 is 0 Å². The minimum Gasteiger partial charge on any atom is -0.378 e. The van der Waals surface area contributed by atoms with E-state index in [1.807, 2.05) is 36.2 Å². The topological polar surface area (TPSA) is 53.3 Å². The molecule has 2 atom stereocenters.